The van der Waals surface area contributed by atoms with Crippen LogP contribution < -0.4 is 0 Å². The summed E-state index contributed by atoms with van der Waals surface area (Å²) in [6, 6.07) is 8.43. The summed E-state index contributed by atoms with van der Waals surface area (Å²) in [6.45, 7) is 1.98. The Kier molecular flexibility index (Phi) is 4.55. The molecule has 1 unspecified atom stereocenters. The van der Waals surface area contributed by atoms with E-state index < -0.39 is 0 Å². The average molecular weight is 304 g/mol. The number of rotatable bonds is 5. The molecule has 1 saturated carbocycles. The summed E-state index contributed by atoms with van der Waals surface area (Å²) in [5.41, 5.74) is 0.956. The Labute approximate surface area is 128 Å². The predicted octanol–water partition coefficient (Wildman–Crippen LogP) is 3.38. The minimum Gasteiger partial charge on any atom is -0.388 e. The molecule has 112 valence electrons. The highest BCUT2D eigenvalue weighted by atomic mass is 32.2. The lowest BCUT2D eigenvalue weighted by molar-refractivity contribution is 0.173. The molecule has 0 saturated heterocycles. The van der Waals surface area contributed by atoms with Crippen LogP contribution in [0.15, 0.2) is 34.3 Å². The van der Waals surface area contributed by atoms with Gasteiger partial charge in [-0.25, -0.2) is 4.68 Å². The zero-order valence-corrected chi connectivity index (χ0v) is 13.0. The zero-order chi connectivity index (χ0) is 14.7. The first-order valence-corrected chi connectivity index (χ1v) is 8.33. The smallest absolute Gasteiger partial charge is 0.214 e. The summed E-state index contributed by atoms with van der Waals surface area (Å²) < 4.78 is 1.96. The normalized spacial score (nSPS) is 17.2. The number of aliphatic hydroxyl groups is 1. The van der Waals surface area contributed by atoms with Gasteiger partial charge in [0.1, 0.15) is 0 Å². The Balaban J connectivity index is 1.73. The average Bonchev–Trinajstić information content (AvgIpc) is 3.18. The second-order valence-electron chi connectivity index (χ2n) is 5.44. The SMILES string of the molecule is CCC(O)c1ccc(Sc2nnnn2C2CCCC2)cc1. The van der Waals surface area contributed by atoms with Crippen LogP contribution in [0.2, 0.25) is 0 Å². The first kappa shape index (κ1) is 14.5. The van der Waals surface area contributed by atoms with Crippen LogP contribution in [-0.4, -0.2) is 25.3 Å². The molecule has 1 aromatic carbocycles. The van der Waals surface area contributed by atoms with Gasteiger partial charge in [-0.05, 0) is 59.1 Å². The van der Waals surface area contributed by atoms with Crippen LogP contribution in [0.1, 0.15) is 56.7 Å². The quantitative estimate of drug-likeness (QED) is 0.917. The van der Waals surface area contributed by atoms with Crippen molar-refractivity contribution >= 4 is 11.8 Å². The van der Waals surface area contributed by atoms with Gasteiger partial charge in [0.15, 0.2) is 0 Å². The van der Waals surface area contributed by atoms with Crippen LogP contribution >= 0.6 is 11.8 Å². The van der Waals surface area contributed by atoms with Crippen LogP contribution in [-0.2, 0) is 0 Å². The number of hydrogen-bond donors (Lipinski definition) is 1. The van der Waals surface area contributed by atoms with Crippen molar-refractivity contribution in [3.63, 3.8) is 0 Å². The van der Waals surface area contributed by atoms with Crippen molar-refractivity contribution in [2.45, 2.75) is 61.2 Å². The van der Waals surface area contributed by atoms with E-state index in [0.717, 1.165) is 22.0 Å². The monoisotopic (exact) mass is 304 g/mol. The van der Waals surface area contributed by atoms with E-state index in [9.17, 15) is 5.11 Å². The van der Waals surface area contributed by atoms with Gasteiger partial charge in [-0.3, -0.25) is 0 Å². The first-order valence-electron chi connectivity index (χ1n) is 7.51. The Morgan fingerprint density at radius 1 is 1.29 bits per heavy atom. The summed E-state index contributed by atoms with van der Waals surface area (Å²) >= 11 is 1.58. The van der Waals surface area contributed by atoms with Gasteiger partial charge >= 0.3 is 0 Å². The number of aromatic nitrogens is 4. The minimum absolute atomic E-state index is 0.382. The molecule has 0 bridgehead atoms. The van der Waals surface area contributed by atoms with Crippen molar-refractivity contribution in [1.29, 1.82) is 0 Å². The van der Waals surface area contributed by atoms with Gasteiger partial charge in [-0.2, -0.15) is 0 Å². The van der Waals surface area contributed by atoms with E-state index in [-0.39, 0.29) is 6.10 Å². The molecule has 5 nitrogen and oxygen atoms in total. The van der Waals surface area contributed by atoms with E-state index in [2.05, 4.69) is 15.5 Å². The second kappa shape index (κ2) is 6.58. The number of benzene rings is 1. The fraction of sp³-hybridized carbons (Fsp3) is 0.533. The van der Waals surface area contributed by atoms with Crippen molar-refractivity contribution in [2.75, 3.05) is 0 Å². The van der Waals surface area contributed by atoms with Gasteiger partial charge in [0.25, 0.3) is 0 Å². The maximum Gasteiger partial charge on any atom is 0.214 e. The molecule has 1 aliphatic rings. The highest BCUT2D eigenvalue weighted by molar-refractivity contribution is 7.99. The Morgan fingerprint density at radius 2 is 2.00 bits per heavy atom. The summed E-state index contributed by atoms with van der Waals surface area (Å²) in [4.78, 5) is 1.09. The van der Waals surface area contributed by atoms with E-state index in [1.807, 2.05) is 35.9 Å². The van der Waals surface area contributed by atoms with Crippen LogP contribution in [0, 0.1) is 0 Å². The number of aliphatic hydroxyl groups excluding tert-OH is 1. The van der Waals surface area contributed by atoms with Crippen molar-refractivity contribution < 1.29 is 5.11 Å². The molecule has 1 fully saturated rings. The molecule has 1 aliphatic carbocycles. The van der Waals surface area contributed by atoms with Gasteiger partial charge < -0.3 is 5.11 Å². The van der Waals surface area contributed by atoms with Gasteiger partial charge in [-0.15, -0.1) is 5.10 Å². The van der Waals surface area contributed by atoms with Crippen LogP contribution in [0.4, 0.5) is 0 Å². The number of hydrogen-bond acceptors (Lipinski definition) is 5. The molecule has 0 amide bonds. The predicted molar refractivity (Wildman–Crippen MR) is 81.1 cm³/mol. The Hall–Kier alpha value is -1.40. The van der Waals surface area contributed by atoms with Gasteiger partial charge in [0, 0.05) is 4.90 Å². The topological polar surface area (TPSA) is 63.8 Å². The molecule has 21 heavy (non-hydrogen) atoms. The first-order chi connectivity index (χ1) is 10.3. The third kappa shape index (κ3) is 3.27. The standard InChI is InChI=1S/C15H20N4OS/c1-2-14(20)11-7-9-13(10-8-11)21-15-16-17-18-19(15)12-5-3-4-6-12/h7-10,12,14,20H,2-6H2,1H3. The molecule has 6 heteroatoms. The highest BCUT2D eigenvalue weighted by Gasteiger charge is 2.21. The van der Waals surface area contributed by atoms with Crippen LogP contribution in [0.25, 0.3) is 0 Å². The second-order valence-corrected chi connectivity index (χ2v) is 6.48. The van der Waals surface area contributed by atoms with E-state index in [1.54, 1.807) is 11.8 Å². The number of tetrazole rings is 1. The van der Waals surface area contributed by atoms with Crippen LogP contribution in [0.5, 0.6) is 0 Å². The third-order valence-electron chi connectivity index (χ3n) is 3.99. The summed E-state index contributed by atoms with van der Waals surface area (Å²) in [6.07, 6.45) is 5.21. The molecule has 1 atom stereocenters. The van der Waals surface area contributed by atoms with E-state index in [0.29, 0.717) is 6.04 Å². The van der Waals surface area contributed by atoms with Crippen molar-refractivity contribution in [3.05, 3.63) is 29.8 Å². The zero-order valence-electron chi connectivity index (χ0n) is 12.1. The van der Waals surface area contributed by atoms with E-state index in [4.69, 9.17) is 0 Å². The molecular weight excluding hydrogens is 284 g/mol. The third-order valence-corrected chi connectivity index (χ3v) is 4.95. The maximum atomic E-state index is 9.82. The van der Waals surface area contributed by atoms with Crippen LogP contribution in [0.3, 0.4) is 0 Å². The van der Waals surface area contributed by atoms with Gasteiger partial charge in [-0.1, -0.05) is 31.9 Å². The molecule has 1 N–H and O–H groups in total. The van der Waals surface area contributed by atoms with E-state index >= 15 is 0 Å². The summed E-state index contributed by atoms with van der Waals surface area (Å²) in [7, 11) is 0. The van der Waals surface area contributed by atoms with Crippen molar-refractivity contribution in [3.8, 4) is 0 Å². The lowest BCUT2D eigenvalue weighted by atomic mass is 10.1. The molecule has 0 spiro atoms. The largest absolute Gasteiger partial charge is 0.388 e. The molecule has 0 radical (unpaired) electrons. The molecular formula is C15H20N4OS. The molecule has 1 aromatic heterocycles. The molecule has 3 rings (SSSR count). The Morgan fingerprint density at radius 3 is 2.67 bits per heavy atom. The van der Waals surface area contributed by atoms with Crippen molar-refractivity contribution in [1.82, 2.24) is 20.2 Å². The summed E-state index contributed by atoms with van der Waals surface area (Å²) in [5, 5.41) is 22.8. The molecule has 0 aliphatic heterocycles. The lowest BCUT2D eigenvalue weighted by Gasteiger charge is -2.11. The van der Waals surface area contributed by atoms with Gasteiger partial charge in [0.05, 0.1) is 12.1 Å². The van der Waals surface area contributed by atoms with E-state index in [1.165, 1.54) is 25.7 Å². The molecule has 1 heterocycles. The Bertz CT molecular complexity index is 578. The fourth-order valence-electron chi connectivity index (χ4n) is 2.73. The fourth-order valence-corrected chi connectivity index (χ4v) is 3.57. The minimum atomic E-state index is -0.382. The highest BCUT2D eigenvalue weighted by Crippen LogP contribution is 2.34. The molecule has 2 aromatic rings. The number of nitrogens with zero attached hydrogens (tertiary/aromatic N) is 4. The summed E-state index contributed by atoms with van der Waals surface area (Å²) in [5.74, 6) is 0. The maximum absolute atomic E-state index is 9.82. The van der Waals surface area contributed by atoms with Crippen molar-refractivity contribution in [2.24, 2.45) is 0 Å². The van der Waals surface area contributed by atoms with Gasteiger partial charge in [0.2, 0.25) is 5.16 Å². The lowest BCUT2D eigenvalue weighted by Crippen LogP contribution is -2.08.